The largest absolute Gasteiger partial charge is 0.493 e. The van der Waals surface area contributed by atoms with Crippen LogP contribution in [0.3, 0.4) is 0 Å². The number of halogens is 2. The third-order valence-corrected chi connectivity index (χ3v) is 5.54. The van der Waals surface area contributed by atoms with Crippen LogP contribution in [0.1, 0.15) is 30.5 Å². The van der Waals surface area contributed by atoms with Gasteiger partial charge in [0, 0.05) is 19.6 Å². The van der Waals surface area contributed by atoms with Crippen LogP contribution in [-0.2, 0) is 0 Å². The molecule has 1 aliphatic rings. The quantitative estimate of drug-likeness (QED) is 0.744. The molecule has 0 radical (unpaired) electrons. The number of benzene rings is 2. The summed E-state index contributed by atoms with van der Waals surface area (Å²) in [5.74, 6) is 1.50. The van der Waals surface area contributed by atoms with E-state index in [4.69, 9.17) is 32.7 Å². The average molecular weight is 409 g/mol. The summed E-state index contributed by atoms with van der Waals surface area (Å²) in [6.07, 6.45) is 1.10. The van der Waals surface area contributed by atoms with E-state index >= 15 is 0 Å². The van der Waals surface area contributed by atoms with E-state index in [2.05, 4.69) is 28.4 Å². The first kappa shape index (κ1) is 20.3. The maximum absolute atomic E-state index is 6.33. The number of nitrogens with zero attached hydrogens (tertiary/aromatic N) is 1. The molecule has 146 valence electrons. The van der Waals surface area contributed by atoms with Gasteiger partial charge in [-0.3, -0.25) is 4.90 Å². The summed E-state index contributed by atoms with van der Waals surface area (Å²) in [6.45, 7) is 6.54. The zero-order chi connectivity index (χ0) is 19.2. The second-order valence-electron chi connectivity index (χ2n) is 6.56. The minimum atomic E-state index is 0.0734. The van der Waals surface area contributed by atoms with Gasteiger partial charge in [0.05, 0.1) is 29.8 Å². The van der Waals surface area contributed by atoms with Crippen molar-refractivity contribution in [2.24, 2.45) is 0 Å². The predicted octanol–water partition coefficient (Wildman–Crippen LogP) is 4.79. The van der Waals surface area contributed by atoms with Crippen LogP contribution in [0, 0.1) is 0 Å². The van der Waals surface area contributed by atoms with E-state index in [1.54, 1.807) is 7.11 Å². The van der Waals surface area contributed by atoms with Gasteiger partial charge in [-0.05, 0) is 55.3 Å². The molecule has 1 heterocycles. The maximum atomic E-state index is 6.33. The molecule has 2 aromatic carbocycles. The van der Waals surface area contributed by atoms with Crippen molar-refractivity contribution in [1.29, 1.82) is 0 Å². The minimum Gasteiger partial charge on any atom is -0.493 e. The van der Waals surface area contributed by atoms with Gasteiger partial charge in [-0.15, -0.1) is 0 Å². The Morgan fingerprint density at radius 3 is 2.52 bits per heavy atom. The Hall–Kier alpha value is -1.46. The Kier molecular flexibility index (Phi) is 7.25. The van der Waals surface area contributed by atoms with E-state index in [0.717, 1.165) is 55.2 Å². The molecule has 1 atom stereocenters. The van der Waals surface area contributed by atoms with Crippen molar-refractivity contribution in [3.63, 3.8) is 0 Å². The minimum absolute atomic E-state index is 0.0734. The van der Waals surface area contributed by atoms with Gasteiger partial charge < -0.3 is 14.8 Å². The van der Waals surface area contributed by atoms with Crippen molar-refractivity contribution < 1.29 is 9.47 Å². The number of hydrogen-bond acceptors (Lipinski definition) is 4. The molecule has 6 heteroatoms. The summed E-state index contributed by atoms with van der Waals surface area (Å²) in [4.78, 5) is 2.48. The molecule has 4 nitrogen and oxygen atoms in total. The summed E-state index contributed by atoms with van der Waals surface area (Å²) in [5, 5.41) is 4.61. The molecule has 0 aromatic heterocycles. The lowest BCUT2D eigenvalue weighted by molar-refractivity contribution is 0.240. The molecule has 1 saturated heterocycles. The number of rotatable bonds is 6. The van der Waals surface area contributed by atoms with Crippen LogP contribution in [-0.4, -0.2) is 44.8 Å². The van der Waals surface area contributed by atoms with Gasteiger partial charge in [-0.25, -0.2) is 0 Å². The fourth-order valence-electron chi connectivity index (χ4n) is 3.55. The van der Waals surface area contributed by atoms with Gasteiger partial charge in [0.15, 0.2) is 11.5 Å². The molecule has 1 N–H and O–H groups in total. The zero-order valence-corrected chi connectivity index (χ0v) is 17.3. The molecular weight excluding hydrogens is 383 g/mol. The summed E-state index contributed by atoms with van der Waals surface area (Å²) < 4.78 is 11.3. The monoisotopic (exact) mass is 408 g/mol. The highest BCUT2D eigenvalue weighted by atomic mass is 35.5. The van der Waals surface area contributed by atoms with Crippen LogP contribution in [0.25, 0.3) is 0 Å². The van der Waals surface area contributed by atoms with E-state index in [0.29, 0.717) is 16.7 Å². The Morgan fingerprint density at radius 1 is 1.00 bits per heavy atom. The lowest BCUT2D eigenvalue weighted by Crippen LogP contribution is -2.33. The van der Waals surface area contributed by atoms with Crippen LogP contribution in [0.2, 0.25) is 10.0 Å². The molecule has 1 fully saturated rings. The standard InChI is InChI=1S/C21H26Cl2N2O2/c1-3-27-19-8-6-16(14-20(19)26-2)21(25-11-4-9-24-10-12-25)15-5-7-17(22)18(23)13-15/h5-8,13-14,21,24H,3-4,9-12H2,1-2H3. The SMILES string of the molecule is CCOc1ccc(C(c2ccc(Cl)c(Cl)c2)N2CCCNCC2)cc1OC. The Labute approximate surface area is 171 Å². The van der Waals surface area contributed by atoms with Gasteiger partial charge in [0.1, 0.15) is 0 Å². The molecule has 2 aromatic rings. The van der Waals surface area contributed by atoms with Crippen LogP contribution >= 0.6 is 23.2 Å². The Bertz CT molecular complexity index is 762. The van der Waals surface area contributed by atoms with Gasteiger partial charge in [0.25, 0.3) is 0 Å². The number of methoxy groups -OCH3 is 1. The van der Waals surface area contributed by atoms with Crippen molar-refractivity contribution >= 4 is 23.2 Å². The van der Waals surface area contributed by atoms with Gasteiger partial charge in [0.2, 0.25) is 0 Å². The van der Waals surface area contributed by atoms with Crippen molar-refractivity contribution in [3.8, 4) is 11.5 Å². The third-order valence-electron chi connectivity index (χ3n) is 4.80. The van der Waals surface area contributed by atoms with E-state index < -0.39 is 0 Å². The number of ether oxygens (including phenoxy) is 2. The fourth-order valence-corrected chi connectivity index (χ4v) is 3.86. The highest BCUT2D eigenvalue weighted by molar-refractivity contribution is 6.42. The molecule has 0 saturated carbocycles. The first-order valence-corrected chi connectivity index (χ1v) is 10.1. The molecule has 0 bridgehead atoms. The zero-order valence-electron chi connectivity index (χ0n) is 15.8. The second-order valence-corrected chi connectivity index (χ2v) is 7.37. The second kappa shape index (κ2) is 9.65. The predicted molar refractivity (Wildman–Crippen MR) is 112 cm³/mol. The van der Waals surface area contributed by atoms with Crippen molar-refractivity contribution in [2.75, 3.05) is 39.9 Å². The third kappa shape index (κ3) is 4.88. The lowest BCUT2D eigenvalue weighted by atomic mass is 9.96. The highest BCUT2D eigenvalue weighted by Crippen LogP contribution is 2.37. The van der Waals surface area contributed by atoms with Crippen LogP contribution in [0.5, 0.6) is 11.5 Å². The number of nitrogens with one attached hydrogen (secondary N) is 1. The summed E-state index contributed by atoms with van der Waals surface area (Å²) in [7, 11) is 1.67. The van der Waals surface area contributed by atoms with Crippen molar-refractivity contribution in [1.82, 2.24) is 10.2 Å². The van der Waals surface area contributed by atoms with Crippen molar-refractivity contribution in [2.45, 2.75) is 19.4 Å². The van der Waals surface area contributed by atoms with Crippen molar-refractivity contribution in [3.05, 3.63) is 57.6 Å². The van der Waals surface area contributed by atoms with Gasteiger partial charge in [-0.2, -0.15) is 0 Å². The van der Waals surface area contributed by atoms with E-state index in [1.165, 1.54) is 0 Å². The smallest absolute Gasteiger partial charge is 0.161 e. The van der Waals surface area contributed by atoms with E-state index in [9.17, 15) is 0 Å². The summed E-state index contributed by atoms with van der Waals surface area (Å²) in [5.41, 5.74) is 2.27. The van der Waals surface area contributed by atoms with Gasteiger partial charge >= 0.3 is 0 Å². The molecule has 3 rings (SSSR count). The van der Waals surface area contributed by atoms with E-state index in [1.807, 2.05) is 25.1 Å². The molecule has 1 unspecified atom stereocenters. The van der Waals surface area contributed by atoms with Crippen LogP contribution in [0.4, 0.5) is 0 Å². The molecule has 0 spiro atoms. The Balaban J connectivity index is 2.04. The van der Waals surface area contributed by atoms with Crippen LogP contribution < -0.4 is 14.8 Å². The van der Waals surface area contributed by atoms with Gasteiger partial charge in [-0.1, -0.05) is 35.3 Å². The first-order chi connectivity index (χ1) is 13.1. The van der Waals surface area contributed by atoms with E-state index in [-0.39, 0.29) is 6.04 Å². The highest BCUT2D eigenvalue weighted by Gasteiger charge is 2.25. The normalized spacial score (nSPS) is 16.6. The molecule has 27 heavy (non-hydrogen) atoms. The number of hydrogen-bond donors (Lipinski definition) is 1. The average Bonchev–Trinajstić information content (AvgIpc) is 2.95. The lowest BCUT2D eigenvalue weighted by Gasteiger charge is -2.32. The topological polar surface area (TPSA) is 33.7 Å². The van der Waals surface area contributed by atoms with Crippen LogP contribution in [0.15, 0.2) is 36.4 Å². The summed E-state index contributed by atoms with van der Waals surface area (Å²) >= 11 is 12.5. The fraction of sp³-hybridized carbons (Fsp3) is 0.429. The maximum Gasteiger partial charge on any atom is 0.161 e. The Morgan fingerprint density at radius 2 is 1.78 bits per heavy atom. The molecule has 1 aliphatic heterocycles. The summed E-state index contributed by atoms with van der Waals surface area (Å²) in [6, 6.07) is 12.1. The first-order valence-electron chi connectivity index (χ1n) is 9.34. The molecular formula is C21H26Cl2N2O2. The molecule has 0 aliphatic carbocycles. The molecule has 0 amide bonds.